The smallest absolute Gasteiger partial charge is 0.226 e. The van der Waals surface area contributed by atoms with E-state index in [1.165, 1.54) is 6.42 Å². The van der Waals surface area contributed by atoms with E-state index in [9.17, 15) is 4.79 Å². The number of nitrogens with one attached hydrogen (secondary N) is 1. The molecule has 0 radical (unpaired) electrons. The van der Waals surface area contributed by atoms with Crippen molar-refractivity contribution in [2.24, 2.45) is 5.92 Å². The summed E-state index contributed by atoms with van der Waals surface area (Å²) in [5, 5.41) is 3.24. The van der Waals surface area contributed by atoms with Crippen LogP contribution in [0.1, 0.15) is 32.6 Å². The molecular formula is C11H20N2O. The molecule has 0 spiro atoms. The molecule has 3 nitrogen and oxygen atoms in total. The maximum atomic E-state index is 12.0. The van der Waals surface area contributed by atoms with Gasteiger partial charge >= 0.3 is 0 Å². The zero-order chi connectivity index (χ0) is 9.97. The van der Waals surface area contributed by atoms with Gasteiger partial charge in [0.25, 0.3) is 0 Å². The van der Waals surface area contributed by atoms with Gasteiger partial charge in [0.1, 0.15) is 0 Å². The van der Waals surface area contributed by atoms with Gasteiger partial charge in [-0.15, -0.1) is 0 Å². The summed E-state index contributed by atoms with van der Waals surface area (Å²) in [4.78, 5) is 14.2. The Morgan fingerprint density at radius 3 is 2.50 bits per heavy atom. The molecule has 0 bridgehead atoms. The van der Waals surface area contributed by atoms with Crippen LogP contribution in [0.25, 0.3) is 0 Å². The lowest BCUT2D eigenvalue weighted by molar-refractivity contribution is -0.141. The van der Waals surface area contributed by atoms with Crippen LogP contribution in [0.4, 0.5) is 0 Å². The SMILES string of the molecule is CCCN(C(=O)C1CCC1)C1CNC1. The van der Waals surface area contributed by atoms with Crippen LogP contribution >= 0.6 is 0 Å². The predicted molar refractivity (Wildman–Crippen MR) is 56.0 cm³/mol. The Kier molecular flexibility index (Phi) is 3.06. The number of carbonyl (C=O) groups excluding carboxylic acids is 1. The molecule has 14 heavy (non-hydrogen) atoms. The number of hydrogen-bond donors (Lipinski definition) is 1. The molecule has 3 heteroatoms. The summed E-state index contributed by atoms with van der Waals surface area (Å²) >= 11 is 0. The summed E-state index contributed by atoms with van der Waals surface area (Å²) in [6.07, 6.45) is 4.58. The normalized spacial score (nSPS) is 22.6. The molecule has 2 rings (SSSR count). The Balaban J connectivity index is 1.90. The summed E-state index contributed by atoms with van der Waals surface area (Å²) in [7, 11) is 0. The summed E-state index contributed by atoms with van der Waals surface area (Å²) in [6, 6.07) is 0.489. The van der Waals surface area contributed by atoms with E-state index < -0.39 is 0 Å². The van der Waals surface area contributed by atoms with E-state index in [1.54, 1.807) is 0 Å². The van der Waals surface area contributed by atoms with Crippen molar-refractivity contribution < 1.29 is 4.79 Å². The molecule has 1 aliphatic carbocycles. The van der Waals surface area contributed by atoms with E-state index >= 15 is 0 Å². The number of rotatable bonds is 4. The van der Waals surface area contributed by atoms with E-state index in [1.807, 2.05) is 0 Å². The molecule has 0 aromatic carbocycles. The van der Waals surface area contributed by atoms with Crippen LogP contribution in [0.3, 0.4) is 0 Å². The van der Waals surface area contributed by atoms with Gasteiger partial charge in [0.15, 0.2) is 0 Å². The zero-order valence-corrected chi connectivity index (χ0v) is 8.96. The summed E-state index contributed by atoms with van der Waals surface area (Å²) in [5.74, 6) is 0.784. The van der Waals surface area contributed by atoms with Gasteiger partial charge in [-0.05, 0) is 19.3 Å². The Hall–Kier alpha value is -0.570. The van der Waals surface area contributed by atoms with Crippen LogP contribution in [-0.4, -0.2) is 36.5 Å². The topological polar surface area (TPSA) is 32.3 Å². The quantitative estimate of drug-likeness (QED) is 0.727. The monoisotopic (exact) mass is 196 g/mol. The van der Waals surface area contributed by atoms with Gasteiger partial charge in [-0.1, -0.05) is 13.3 Å². The maximum Gasteiger partial charge on any atom is 0.226 e. The second kappa shape index (κ2) is 4.30. The first-order valence-corrected chi connectivity index (χ1v) is 5.84. The molecular weight excluding hydrogens is 176 g/mol. The van der Waals surface area contributed by atoms with Gasteiger partial charge in [-0.3, -0.25) is 4.79 Å². The van der Waals surface area contributed by atoms with Crippen molar-refractivity contribution in [3.63, 3.8) is 0 Å². The minimum absolute atomic E-state index is 0.363. The molecule has 1 aliphatic heterocycles. The lowest BCUT2D eigenvalue weighted by atomic mass is 9.84. The highest BCUT2D eigenvalue weighted by atomic mass is 16.2. The largest absolute Gasteiger partial charge is 0.337 e. The number of nitrogens with zero attached hydrogens (tertiary/aromatic N) is 1. The Bertz CT molecular complexity index is 209. The van der Waals surface area contributed by atoms with E-state index in [0.717, 1.165) is 38.9 Å². The van der Waals surface area contributed by atoms with Crippen molar-refractivity contribution >= 4 is 5.91 Å². The molecule has 0 aromatic heterocycles. The highest BCUT2D eigenvalue weighted by Gasteiger charge is 2.34. The third-order valence-corrected chi connectivity index (χ3v) is 3.40. The van der Waals surface area contributed by atoms with Crippen LogP contribution in [0.5, 0.6) is 0 Å². The number of carbonyl (C=O) groups is 1. The van der Waals surface area contributed by atoms with Crippen molar-refractivity contribution in [1.29, 1.82) is 0 Å². The minimum atomic E-state index is 0.363. The summed E-state index contributed by atoms with van der Waals surface area (Å²) < 4.78 is 0. The van der Waals surface area contributed by atoms with Crippen molar-refractivity contribution in [3.8, 4) is 0 Å². The fourth-order valence-corrected chi connectivity index (χ4v) is 2.10. The standard InChI is InChI=1S/C11H20N2O/c1-2-6-13(10-7-12-8-10)11(14)9-4-3-5-9/h9-10,12H,2-8H2,1H3. The third kappa shape index (κ3) is 1.78. The molecule has 1 N–H and O–H groups in total. The summed E-state index contributed by atoms with van der Waals surface area (Å²) in [5.41, 5.74) is 0. The van der Waals surface area contributed by atoms with Crippen LogP contribution in [-0.2, 0) is 4.79 Å². The maximum absolute atomic E-state index is 12.0. The highest BCUT2D eigenvalue weighted by molar-refractivity contribution is 5.80. The Labute approximate surface area is 85.8 Å². The average Bonchev–Trinajstić information content (AvgIpc) is 1.96. The molecule has 1 amide bonds. The number of hydrogen-bond acceptors (Lipinski definition) is 2. The lowest BCUT2D eigenvalue weighted by Crippen LogP contribution is -2.60. The molecule has 0 atom stereocenters. The Morgan fingerprint density at radius 1 is 1.43 bits per heavy atom. The van der Waals surface area contributed by atoms with Crippen molar-refractivity contribution in [2.45, 2.75) is 38.6 Å². The number of amides is 1. The fourth-order valence-electron chi connectivity index (χ4n) is 2.10. The van der Waals surface area contributed by atoms with Gasteiger partial charge in [-0.2, -0.15) is 0 Å². The third-order valence-electron chi connectivity index (χ3n) is 3.40. The molecule has 2 fully saturated rings. The molecule has 0 aromatic rings. The van der Waals surface area contributed by atoms with E-state index in [4.69, 9.17) is 0 Å². The van der Waals surface area contributed by atoms with Crippen molar-refractivity contribution in [2.75, 3.05) is 19.6 Å². The van der Waals surface area contributed by atoms with Crippen LogP contribution in [0, 0.1) is 5.92 Å². The molecule has 80 valence electrons. The van der Waals surface area contributed by atoms with E-state index in [-0.39, 0.29) is 0 Å². The van der Waals surface area contributed by atoms with Gasteiger partial charge in [0.05, 0.1) is 6.04 Å². The zero-order valence-electron chi connectivity index (χ0n) is 8.96. The molecule has 1 saturated heterocycles. The average molecular weight is 196 g/mol. The van der Waals surface area contributed by atoms with Gasteiger partial charge in [0, 0.05) is 25.6 Å². The van der Waals surface area contributed by atoms with Crippen LogP contribution in [0.15, 0.2) is 0 Å². The first kappa shape index (κ1) is 9.97. The van der Waals surface area contributed by atoms with Crippen LogP contribution in [0.2, 0.25) is 0 Å². The van der Waals surface area contributed by atoms with Crippen molar-refractivity contribution in [3.05, 3.63) is 0 Å². The van der Waals surface area contributed by atoms with Gasteiger partial charge in [-0.25, -0.2) is 0 Å². The van der Waals surface area contributed by atoms with Crippen molar-refractivity contribution in [1.82, 2.24) is 10.2 Å². The summed E-state index contributed by atoms with van der Waals surface area (Å²) in [6.45, 7) is 5.09. The predicted octanol–water partition coefficient (Wildman–Crippen LogP) is 0.997. The molecule has 2 aliphatic rings. The minimum Gasteiger partial charge on any atom is -0.337 e. The van der Waals surface area contributed by atoms with E-state index in [0.29, 0.717) is 17.9 Å². The van der Waals surface area contributed by atoms with Crippen LogP contribution < -0.4 is 5.32 Å². The van der Waals surface area contributed by atoms with Gasteiger partial charge < -0.3 is 10.2 Å². The second-order valence-electron chi connectivity index (χ2n) is 4.47. The first-order valence-electron chi connectivity index (χ1n) is 5.84. The highest BCUT2D eigenvalue weighted by Crippen LogP contribution is 2.29. The van der Waals surface area contributed by atoms with Gasteiger partial charge in [0.2, 0.25) is 5.91 Å². The first-order chi connectivity index (χ1) is 6.83. The molecule has 1 saturated carbocycles. The fraction of sp³-hybridized carbons (Fsp3) is 0.909. The lowest BCUT2D eigenvalue weighted by Gasteiger charge is -2.41. The molecule has 0 unspecified atom stereocenters. The molecule has 1 heterocycles. The second-order valence-corrected chi connectivity index (χ2v) is 4.47. The van der Waals surface area contributed by atoms with E-state index in [2.05, 4.69) is 17.1 Å². The Morgan fingerprint density at radius 2 is 2.14 bits per heavy atom.